The molecule has 4 N–H and O–H groups in total. The molecule has 24 heavy (non-hydrogen) atoms. The van der Waals surface area contributed by atoms with Gasteiger partial charge in [-0.1, -0.05) is 55.4 Å². The van der Waals surface area contributed by atoms with Crippen molar-refractivity contribution in [3.8, 4) is 5.75 Å². The summed E-state index contributed by atoms with van der Waals surface area (Å²) in [5.41, 5.74) is 8.60. The zero-order valence-electron chi connectivity index (χ0n) is 16.5. The van der Waals surface area contributed by atoms with Crippen LogP contribution in [0.25, 0.3) is 0 Å². The molecule has 1 aromatic rings. The minimum atomic E-state index is -0.583. The van der Waals surface area contributed by atoms with E-state index < -0.39 is 12.1 Å². The highest BCUT2D eigenvalue weighted by Gasteiger charge is 2.29. The second kappa shape index (κ2) is 8.07. The summed E-state index contributed by atoms with van der Waals surface area (Å²) >= 11 is 0. The van der Waals surface area contributed by atoms with Crippen LogP contribution in [0.15, 0.2) is 12.1 Å². The van der Waals surface area contributed by atoms with Crippen molar-refractivity contribution >= 4 is 12.4 Å². The van der Waals surface area contributed by atoms with Crippen molar-refractivity contribution in [1.29, 1.82) is 0 Å². The maximum Gasteiger partial charge on any atom is 0.123 e. The lowest BCUT2D eigenvalue weighted by atomic mass is 9.77. The Bertz CT molecular complexity index is 507. The number of hydrogen-bond donors (Lipinski definition) is 3. The lowest BCUT2D eigenvalue weighted by Crippen LogP contribution is -2.29. The van der Waals surface area contributed by atoms with Crippen LogP contribution in [0.3, 0.4) is 0 Å². The predicted octanol–water partition coefficient (Wildman–Crippen LogP) is 4.82. The van der Waals surface area contributed by atoms with E-state index >= 15 is 0 Å². The highest BCUT2D eigenvalue weighted by atomic mass is 35.5. The highest BCUT2D eigenvalue weighted by Crippen LogP contribution is 2.41. The van der Waals surface area contributed by atoms with Crippen LogP contribution in [0.2, 0.25) is 0 Å². The molecule has 0 amide bonds. The standard InChI is InChI=1S/C20H35NO2.ClH/c1-12(2)9-16(22)17(21)13-10-14(19(3,4)5)18(23)15(11-13)20(6,7)8;/h10-12,16-17,22-23H,9,21H2,1-8H3;1H/t16-,17+;/m1./s1. The van der Waals surface area contributed by atoms with Gasteiger partial charge in [0, 0.05) is 0 Å². The Labute approximate surface area is 154 Å². The van der Waals surface area contributed by atoms with E-state index in [1.54, 1.807) is 0 Å². The summed E-state index contributed by atoms with van der Waals surface area (Å²) in [6, 6.07) is 3.47. The number of aromatic hydroxyl groups is 1. The van der Waals surface area contributed by atoms with Gasteiger partial charge in [0.15, 0.2) is 0 Å². The molecule has 0 fully saturated rings. The van der Waals surface area contributed by atoms with Gasteiger partial charge in [-0.15, -0.1) is 12.4 Å². The Hall–Kier alpha value is -0.770. The van der Waals surface area contributed by atoms with Crippen molar-refractivity contribution in [2.45, 2.75) is 84.8 Å². The van der Waals surface area contributed by atoms with Crippen molar-refractivity contribution in [2.24, 2.45) is 11.7 Å². The third kappa shape index (κ3) is 5.65. The van der Waals surface area contributed by atoms with Gasteiger partial charge >= 0.3 is 0 Å². The van der Waals surface area contributed by atoms with Gasteiger partial charge in [0.25, 0.3) is 0 Å². The number of aliphatic hydroxyl groups excluding tert-OH is 1. The number of phenolic OH excluding ortho intramolecular Hbond substituents is 1. The number of aliphatic hydroxyl groups is 1. The number of nitrogens with two attached hydrogens (primary N) is 1. The largest absolute Gasteiger partial charge is 0.507 e. The van der Waals surface area contributed by atoms with Gasteiger partial charge in [0.05, 0.1) is 12.1 Å². The van der Waals surface area contributed by atoms with Gasteiger partial charge < -0.3 is 15.9 Å². The summed E-state index contributed by atoms with van der Waals surface area (Å²) < 4.78 is 0. The van der Waals surface area contributed by atoms with E-state index in [1.807, 2.05) is 12.1 Å². The van der Waals surface area contributed by atoms with Gasteiger partial charge in [-0.3, -0.25) is 0 Å². The molecule has 1 aromatic carbocycles. The molecule has 0 saturated carbocycles. The molecule has 0 heterocycles. The monoisotopic (exact) mass is 357 g/mol. The van der Waals surface area contributed by atoms with Gasteiger partial charge in [-0.25, -0.2) is 0 Å². The third-order valence-electron chi connectivity index (χ3n) is 4.26. The fourth-order valence-corrected chi connectivity index (χ4v) is 2.84. The zero-order chi connectivity index (χ0) is 18.2. The van der Waals surface area contributed by atoms with Crippen LogP contribution in [0, 0.1) is 5.92 Å². The van der Waals surface area contributed by atoms with E-state index in [0.29, 0.717) is 18.1 Å². The van der Waals surface area contributed by atoms with E-state index in [2.05, 4.69) is 55.4 Å². The fourth-order valence-electron chi connectivity index (χ4n) is 2.84. The smallest absolute Gasteiger partial charge is 0.123 e. The molecule has 3 nitrogen and oxygen atoms in total. The molecule has 0 unspecified atom stereocenters. The minimum Gasteiger partial charge on any atom is -0.507 e. The maximum absolute atomic E-state index is 10.7. The Morgan fingerprint density at radius 2 is 1.33 bits per heavy atom. The first kappa shape index (κ1) is 23.2. The fraction of sp³-hybridized carbons (Fsp3) is 0.700. The van der Waals surface area contributed by atoms with Crippen molar-refractivity contribution in [2.75, 3.05) is 0 Å². The first-order chi connectivity index (χ1) is 10.2. The number of benzene rings is 1. The van der Waals surface area contributed by atoms with Crippen LogP contribution < -0.4 is 5.73 Å². The molecule has 0 spiro atoms. The van der Waals surface area contributed by atoms with E-state index in [0.717, 1.165) is 16.7 Å². The average molecular weight is 358 g/mol. The Kier molecular flexibility index (Phi) is 7.81. The molecule has 0 aliphatic carbocycles. The van der Waals surface area contributed by atoms with Gasteiger partial charge in [0.1, 0.15) is 5.75 Å². The summed E-state index contributed by atoms with van der Waals surface area (Å²) in [6.45, 7) is 16.6. The molecule has 140 valence electrons. The molecular formula is C20H36ClNO2. The molecule has 0 bridgehead atoms. The summed E-state index contributed by atoms with van der Waals surface area (Å²) in [5.74, 6) is 0.733. The van der Waals surface area contributed by atoms with E-state index in [-0.39, 0.29) is 23.2 Å². The average Bonchev–Trinajstić information content (AvgIpc) is 2.34. The first-order valence-electron chi connectivity index (χ1n) is 8.56. The van der Waals surface area contributed by atoms with Crippen molar-refractivity contribution in [3.63, 3.8) is 0 Å². The SMILES string of the molecule is CC(C)C[C@@H](O)[C@@H](N)c1cc(C(C)(C)C)c(O)c(C(C)(C)C)c1.Cl. The summed E-state index contributed by atoms with van der Waals surface area (Å²) in [6.07, 6.45) is 0.0813. The second-order valence-corrected chi connectivity index (χ2v) is 9.19. The number of hydrogen-bond acceptors (Lipinski definition) is 3. The third-order valence-corrected chi connectivity index (χ3v) is 4.26. The highest BCUT2D eigenvalue weighted by molar-refractivity contribution is 5.85. The first-order valence-corrected chi connectivity index (χ1v) is 8.56. The van der Waals surface area contributed by atoms with Crippen LogP contribution >= 0.6 is 12.4 Å². The zero-order valence-corrected chi connectivity index (χ0v) is 17.3. The summed E-state index contributed by atoms with van der Waals surface area (Å²) in [7, 11) is 0. The van der Waals surface area contributed by atoms with Gasteiger partial charge in [-0.2, -0.15) is 0 Å². The van der Waals surface area contributed by atoms with Crippen molar-refractivity contribution in [1.82, 2.24) is 0 Å². The second-order valence-electron chi connectivity index (χ2n) is 9.19. The molecule has 0 aliphatic rings. The number of halogens is 1. The van der Waals surface area contributed by atoms with Crippen molar-refractivity contribution in [3.05, 3.63) is 28.8 Å². The molecule has 0 saturated heterocycles. The minimum absolute atomic E-state index is 0. The van der Waals surface area contributed by atoms with E-state index in [1.165, 1.54) is 0 Å². The Morgan fingerprint density at radius 1 is 0.958 bits per heavy atom. The van der Waals surface area contributed by atoms with Gasteiger partial charge in [0.2, 0.25) is 0 Å². The quantitative estimate of drug-likeness (QED) is 0.723. The lowest BCUT2D eigenvalue weighted by molar-refractivity contribution is 0.121. The van der Waals surface area contributed by atoms with Crippen LogP contribution in [0.4, 0.5) is 0 Å². The number of phenols is 1. The topological polar surface area (TPSA) is 66.5 Å². The van der Waals surface area contributed by atoms with Crippen LogP contribution in [-0.2, 0) is 10.8 Å². The Morgan fingerprint density at radius 3 is 1.62 bits per heavy atom. The molecule has 4 heteroatoms. The molecule has 0 aliphatic heterocycles. The maximum atomic E-state index is 10.7. The van der Waals surface area contributed by atoms with E-state index in [4.69, 9.17) is 5.73 Å². The van der Waals surface area contributed by atoms with Crippen LogP contribution in [-0.4, -0.2) is 16.3 Å². The van der Waals surface area contributed by atoms with Crippen molar-refractivity contribution < 1.29 is 10.2 Å². The number of rotatable bonds is 4. The summed E-state index contributed by atoms with van der Waals surface area (Å²) in [4.78, 5) is 0. The normalized spacial score (nSPS) is 15.1. The molecule has 0 radical (unpaired) electrons. The van der Waals surface area contributed by atoms with Crippen LogP contribution in [0.1, 0.15) is 84.5 Å². The molecule has 1 rings (SSSR count). The van der Waals surface area contributed by atoms with Gasteiger partial charge in [-0.05, 0) is 52.0 Å². The predicted molar refractivity (Wildman–Crippen MR) is 105 cm³/mol. The van der Waals surface area contributed by atoms with Crippen LogP contribution in [0.5, 0.6) is 5.75 Å². The van der Waals surface area contributed by atoms with E-state index in [9.17, 15) is 10.2 Å². The summed E-state index contributed by atoms with van der Waals surface area (Å²) in [5, 5.41) is 21.2. The Balaban J connectivity index is 0.00000529. The molecule has 0 aromatic heterocycles. The molecule has 2 atom stereocenters. The molecular weight excluding hydrogens is 322 g/mol. The lowest BCUT2D eigenvalue weighted by Gasteiger charge is -2.30.